The van der Waals surface area contributed by atoms with Crippen LogP contribution in [-0.4, -0.2) is 5.16 Å². The van der Waals surface area contributed by atoms with E-state index in [1.807, 2.05) is 18.4 Å². The van der Waals surface area contributed by atoms with Crippen molar-refractivity contribution in [1.82, 2.24) is 5.16 Å². The molecule has 20 heavy (non-hydrogen) atoms. The molecule has 0 unspecified atom stereocenters. The molecule has 2 N–H and O–H groups in total. The predicted molar refractivity (Wildman–Crippen MR) is 74.3 cm³/mol. The number of benzene rings is 1. The first-order valence-electron chi connectivity index (χ1n) is 5.83. The summed E-state index contributed by atoms with van der Waals surface area (Å²) >= 11 is 1.45. The number of aryl methyl sites for hydroxylation is 1. The van der Waals surface area contributed by atoms with Crippen LogP contribution in [0.15, 0.2) is 34.2 Å². The number of anilines is 1. The lowest BCUT2D eigenvalue weighted by Crippen LogP contribution is -1.92. The van der Waals surface area contributed by atoms with E-state index in [9.17, 15) is 8.78 Å². The summed E-state index contributed by atoms with van der Waals surface area (Å²) in [6.07, 6.45) is 0. The molecular formula is C14H10F2N2OS. The van der Waals surface area contributed by atoms with E-state index < -0.39 is 11.6 Å². The number of aromatic nitrogens is 1. The van der Waals surface area contributed by atoms with Crippen molar-refractivity contribution in [3.05, 3.63) is 46.8 Å². The summed E-state index contributed by atoms with van der Waals surface area (Å²) in [7, 11) is 0. The van der Waals surface area contributed by atoms with Gasteiger partial charge in [-0.15, -0.1) is 11.3 Å². The normalized spacial score (nSPS) is 10.9. The predicted octanol–water partition coefficient (Wildman–Crippen LogP) is 4.24. The molecule has 0 aliphatic heterocycles. The highest BCUT2D eigenvalue weighted by Gasteiger charge is 2.22. The zero-order valence-corrected chi connectivity index (χ0v) is 11.3. The second-order valence-corrected chi connectivity index (χ2v) is 5.24. The molecule has 3 nitrogen and oxygen atoms in total. The van der Waals surface area contributed by atoms with Crippen molar-refractivity contribution in [2.24, 2.45) is 0 Å². The number of thiophene rings is 1. The molecule has 0 atom stereocenters. The van der Waals surface area contributed by atoms with Crippen LogP contribution in [0.1, 0.15) is 5.56 Å². The Bertz CT molecular complexity index is 779. The lowest BCUT2D eigenvalue weighted by atomic mass is 10.0. The fourth-order valence-electron chi connectivity index (χ4n) is 2.02. The molecule has 3 rings (SSSR count). The third-order valence-corrected chi connectivity index (χ3v) is 4.00. The van der Waals surface area contributed by atoms with Gasteiger partial charge in [0.25, 0.3) is 0 Å². The SMILES string of the molecule is Cc1ccsc1-c1onc(N)c1-c1ccc(F)cc1F. The number of hydrogen-bond acceptors (Lipinski definition) is 4. The van der Waals surface area contributed by atoms with Crippen molar-refractivity contribution in [2.45, 2.75) is 6.92 Å². The van der Waals surface area contributed by atoms with Crippen LogP contribution >= 0.6 is 11.3 Å². The Morgan fingerprint density at radius 1 is 1.25 bits per heavy atom. The quantitative estimate of drug-likeness (QED) is 0.768. The summed E-state index contributed by atoms with van der Waals surface area (Å²) in [5.74, 6) is -0.857. The molecule has 2 heterocycles. The van der Waals surface area contributed by atoms with Crippen LogP contribution in [0.4, 0.5) is 14.6 Å². The van der Waals surface area contributed by atoms with Gasteiger partial charge in [-0.1, -0.05) is 5.16 Å². The Morgan fingerprint density at radius 2 is 2.05 bits per heavy atom. The number of nitrogen functional groups attached to an aromatic ring is 1. The Balaban J connectivity index is 2.24. The summed E-state index contributed by atoms with van der Waals surface area (Å²) in [5, 5.41) is 5.60. The molecule has 0 saturated heterocycles. The molecule has 0 saturated carbocycles. The minimum Gasteiger partial charge on any atom is -0.380 e. The van der Waals surface area contributed by atoms with E-state index in [-0.39, 0.29) is 11.4 Å². The topological polar surface area (TPSA) is 52.0 Å². The van der Waals surface area contributed by atoms with Gasteiger partial charge in [0.2, 0.25) is 0 Å². The van der Waals surface area contributed by atoms with Crippen molar-refractivity contribution in [1.29, 1.82) is 0 Å². The van der Waals surface area contributed by atoms with Gasteiger partial charge in [-0.2, -0.15) is 0 Å². The number of hydrogen-bond donors (Lipinski definition) is 1. The molecular weight excluding hydrogens is 282 g/mol. The van der Waals surface area contributed by atoms with Crippen LogP contribution < -0.4 is 5.73 Å². The van der Waals surface area contributed by atoms with Crippen molar-refractivity contribution in [3.63, 3.8) is 0 Å². The molecule has 0 aliphatic carbocycles. The van der Waals surface area contributed by atoms with Crippen molar-refractivity contribution in [3.8, 4) is 21.8 Å². The Morgan fingerprint density at radius 3 is 2.70 bits per heavy atom. The van der Waals surface area contributed by atoms with Gasteiger partial charge in [-0.05, 0) is 36.1 Å². The molecule has 0 radical (unpaired) electrons. The number of nitrogens with two attached hydrogens (primary N) is 1. The van der Waals surface area contributed by atoms with Crippen LogP contribution in [0.3, 0.4) is 0 Å². The zero-order valence-electron chi connectivity index (χ0n) is 10.5. The van der Waals surface area contributed by atoms with Crippen molar-refractivity contribution in [2.75, 3.05) is 5.73 Å². The van der Waals surface area contributed by atoms with E-state index in [1.54, 1.807) is 0 Å². The third-order valence-electron chi connectivity index (χ3n) is 2.99. The Hall–Kier alpha value is -2.21. The monoisotopic (exact) mass is 292 g/mol. The number of nitrogens with zero attached hydrogens (tertiary/aromatic N) is 1. The van der Waals surface area contributed by atoms with E-state index in [1.165, 1.54) is 23.5 Å². The number of halogens is 2. The molecule has 0 spiro atoms. The molecule has 0 aliphatic rings. The van der Waals surface area contributed by atoms with Gasteiger partial charge in [0, 0.05) is 11.6 Å². The van der Waals surface area contributed by atoms with E-state index in [0.29, 0.717) is 11.3 Å². The van der Waals surface area contributed by atoms with Gasteiger partial charge in [-0.25, -0.2) is 8.78 Å². The summed E-state index contributed by atoms with van der Waals surface area (Å²) in [6.45, 7) is 1.91. The maximum Gasteiger partial charge on any atom is 0.187 e. The van der Waals surface area contributed by atoms with Gasteiger partial charge in [-0.3, -0.25) is 0 Å². The number of rotatable bonds is 2. The first-order chi connectivity index (χ1) is 9.58. The van der Waals surface area contributed by atoms with Gasteiger partial charge < -0.3 is 10.3 Å². The standard InChI is InChI=1S/C14H10F2N2OS/c1-7-4-5-20-13(7)12-11(14(17)18-19-12)9-3-2-8(15)6-10(9)16/h2-6H,1H3,(H2,17,18). The second kappa shape index (κ2) is 4.72. The highest BCUT2D eigenvalue weighted by molar-refractivity contribution is 7.13. The third kappa shape index (κ3) is 1.98. The van der Waals surface area contributed by atoms with Gasteiger partial charge >= 0.3 is 0 Å². The molecule has 0 fully saturated rings. The second-order valence-electron chi connectivity index (χ2n) is 4.33. The fraction of sp³-hybridized carbons (Fsp3) is 0.0714. The lowest BCUT2D eigenvalue weighted by Gasteiger charge is -2.04. The first kappa shape index (κ1) is 12.8. The average molecular weight is 292 g/mol. The molecule has 102 valence electrons. The zero-order chi connectivity index (χ0) is 14.3. The lowest BCUT2D eigenvalue weighted by molar-refractivity contribution is 0.436. The Labute approximate surface area is 117 Å². The van der Waals surface area contributed by atoms with Crippen LogP contribution in [0.5, 0.6) is 0 Å². The minimum atomic E-state index is -0.699. The smallest absolute Gasteiger partial charge is 0.187 e. The van der Waals surface area contributed by atoms with Crippen LogP contribution in [0, 0.1) is 18.6 Å². The van der Waals surface area contributed by atoms with Crippen LogP contribution in [0.25, 0.3) is 21.8 Å². The summed E-state index contributed by atoms with van der Waals surface area (Å²) < 4.78 is 32.2. The average Bonchev–Trinajstić information content (AvgIpc) is 2.96. The summed E-state index contributed by atoms with van der Waals surface area (Å²) in [5.41, 5.74) is 7.29. The van der Waals surface area contributed by atoms with Crippen LogP contribution in [-0.2, 0) is 0 Å². The molecule has 1 aromatic carbocycles. The fourth-order valence-corrected chi connectivity index (χ4v) is 2.92. The molecule has 2 aromatic heterocycles. The molecule has 6 heteroatoms. The molecule has 0 amide bonds. The molecule has 3 aromatic rings. The first-order valence-corrected chi connectivity index (χ1v) is 6.71. The maximum absolute atomic E-state index is 14.0. The van der Waals surface area contributed by atoms with Gasteiger partial charge in [0.15, 0.2) is 11.6 Å². The van der Waals surface area contributed by atoms with E-state index in [0.717, 1.165) is 16.5 Å². The largest absolute Gasteiger partial charge is 0.380 e. The van der Waals surface area contributed by atoms with E-state index in [2.05, 4.69) is 5.16 Å². The highest BCUT2D eigenvalue weighted by atomic mass is 32.1. The van der Waals surface area contributed by atoms with E-state index in [4.69, 9.17) is 10.3 Å². The van der Waals surface area contributed by atoms with Crippen molar-refractivity contribution >= 4 is 17.2 Å². The van der Waals surface area contributed by atoms with E-state index >= 15 is 0 Å². The molecule has 0 bridgehead atoms. The van der Waals surface area contributed by atoms with Crippen LogP contribution in [0.2, 0.25) is 0 Å². The maximum atomic E-state index is 14.0. The minimum absolute atomic E-state index is 0.0818. The van der Waals surface area contributed by atoms with Gasteiger partial charge in [0.1, 0.15) is 11.6 Å². The highest BCUT2D eigenvalue weighted by Crippen LogP contribution is 2.41. The van der Waals surface area contributed by atoms with Crippen molar-refractivity contribution < 1.29 is 13.3 Å². The Kier molecular flexibility index (Phi) is 3.02. The van der Waals surface area contributed by atoms with Gasteiger partial charge in [0.05, 0.1) is 10.4 Å². The summed E-state index contributed by atoms with van der Waals surface area (Å²) in [4.78, 5) is 0.827. The summed E-state index contributed by atoms with van der Waals surface area (Å²) in [6, 6.07) is 5.24.